The molecule has 0 radical (unpaired) electrons. The normalized spacial score (nSPS) is 14.2. The van der Waals surface area contributed by atoms with Crippen LogP contribution in [0.25, 0.3) is 22.3 Å². The summed E-state index contributed by atoms with van der Waals surface area (Å²) in [6, 6.07) is 12.5. The molecule has 1 aromatic carbocycles. The molecule has 0 saturated carbocycles. The highest BCUT2D eigenvalue weighted by Gasteiger charge is 2.20. The van der Waals surface area contributed by atoms with Gasteiger partial charge in [-0.1, -0.05) is 18.2 Å². The van der Waals surface area contributed by atoms with Gasteiger partial charge in [0.25, 0.3) is 0 Å². The fourth-order valence-corrected chi connectivity index (χ4v) is 4.21. The first-order valence-electron chi connectivity index (χ1n) is 10.3. The van der Waals surface area contributed by atoms with E-state index in [-0.39, 0.29) is 0 Å². The van der Waals surface area contributed by atoms with Crippen molar-refractivity contribution < 1.29 is 4.74 Å². The quantitative estimate of drug-likeness (QED) is 0.495. The van der Waals surface area contributed by atoms with E-state index >= 15 is 0 Å². The Kier molecular flexibility index (Phi) is 5.26. The van der Waals surface area contributed by atoms with Crippen LogP contribution in [0.4, 0.5) is 0 Å². The molecule has 5 rings (SSSR count). The second kappa shape index (κ2) is 8.34. The minimum absolute atomic E-state index is 0.715. The molecule has 0 bridgehead atoms. The number of nitrogens with zero attached hydrogens (tertiary/aromatic N) is 5. The van der Waals surface area contributed by atoms with Gasteiger partial charge in [0.1, 0.15) is 0 Å². The van der Waals surface area contributed by atoms with Crippen molar-refractivity contribution in [1.29, 1.82) is 0 Å². The molecular weight excluding hydrogens is 374 g/mol. The van der Waals surface area contributed by atoms with Crippen LogP contribution in [0, 0.1) is 0 Å². The largest absolute Gasteiger partial charge is 0.383 e. The van der Waals surface area contributed by atoms with Crippen molar-refractivity contribution in [2.45, 2.75) is 26.1 Å². The molecule has 30 heavy (non-hydrogen) atoms. The molecule has 4 heterocycles. The number of benzene rings is 1. The maximum absolute atomic E-state index is 5.29. The minimum atomic E-state index is 0.715. The number of para-hydroxylation sites is 1. The summed E-state index contributed by atoms with van der Waals surface area (Å²) in [5.74, 6) is 0.783. The number of pyridine rings is 1. The van der Waals surface area contributed by atoms with Crippen molar-refractivity contribution in [2.75, 3.05) is 20.3 Å². The highest BCUT2D eigenvalue weighted by Crippen LogP contribution is 2.26. The minimum Gasteiger partial charge on any atom is -0.383 e. The van der Waals surface area contributed by atoms with Gasteiger partial charge < -0.3 is 9.30 Å². The molecule has 152 valence electrons. The monoisotopic (exact) mass is 399 g/mol. The fraction of sp³-hybridized carbons (Fsp3) is 0.292. The highest BCUT2D eigenvalue weighted by molar-refractivity contribution is 5.84. The van der Waals surface area contributed by atoms with Gasteiger partial charge in [0.15, 0.2) is 5.82 Å². The van der Waals surface area contributed by atoms with Gasteiger partial charge in [0.2, 0.25) is 0 Å². The van der Waals surface area contributed by atoms with Crippen LogP contribution in [0.15, 0.2) is 61.2 Å². The van der Waals surface area contributed by atoms with Crippen molar-refractivity contribution >= 4 is 10.9 Å². The summed E-state index contributed by atoms with van der Waals surface area (Å²) in [7, 11) is 1.75. The number of fused-ring (bicyclic) bond motifs is 2. The zero-order valence-corrected chi connectivity index (χ0v) is 17.2. The second-order valence-electron chi connectivity index (χ2n) is 7.72. The molecule has 0 fully saturated rings. The lowest BCUT2D eigenvalue weighted by atomic mass is 10.1. The third-order valence-electron chi connectivity index (χ3n) is 5.75. The summed E-state index contributed by atoms with van der Waals surface area (Å²) >= 11 is 0. The Morgan fingerprint density at radius 2 is 1.97 bits per heavy atom. The lowest BCUT2D eigenvalue weighted by molar-refractivity contribution is 0.188. The van der Waals surface area contributed by atoms with E-state index in [0.717, 1.165) is 49.7 Å². The number of aromatic nitrogens is 4. The predicted molar refractivity (Wildman–Crippen MR) is 117 cm³/mol. The van der Waals surface area contributed by atoms with E-state index in [1.165, 1.54) is 22.0 Å². The van der Waals surface area contributed by atoms with Crippen molar-refractivity contribution in [2.24, 2.45) is 0 Å². The third kappa shape index (κ3) is 3.72. The third-order valence-corrected chi connectivity index (χ3v) is 5.75. The molecule has 0 spiro atoms. The Hall–Kier alpha value is -3.09. The Labute approximate surface area is 176 Å². The van der Waals surface area contributed by atoms with Crippen LogP contribution in [0.2, 0.25) is 0 Å². The molecule has 3 aromatic heterocycles. The van der Waals surface area contributed by atoms with E-state index < -0.39 is 0 Å². The maximum atomic E-state index is 5.29. The number of rotatable bonds is 6. The zero-order valence-electron chi connectivity index (χ0n) is 17.2. The van der Waals surface area contributed by atoms with E-state index in [4.69, 9.17) is 9.72 Å². The van der Waals surface area contributed by atoms with Crippen LogP contribution in [-0.4, -0.2) is 44.7 Å². The number of hydrogen-bond acceptors (Lipinski definition) is 5. The lowest BCUT2D eigenvalue weighted by Gasteiger charge is -2.27. The molecule has 0 amide bonds. The summed E-state index contributed by atoms with van der Waals surface area (Å²) in [6.45, 7) is 4.38. The van der Waals surface area contributed by atoms with Gasteiger partial charge in [0, 0.05) is 86.5 Å². The Bertz CT molecular complexity index is 1150. The number of hydrogen-bond donors (Lipinski definition) is 0. The lowest BCUT2D eigenvalue weighted by Crippen LogP contribution is -2.30. The van der Waals surface area contributed by atoms with Crippen LogP contribution in [0.1, 0.15) is 16.8 Å². The van der Waals surface area contributed by atoms with E-state index in [1.807, 2.05) is 18.3 Å². The highest BCUT2D eigenvalue weighted by atomic mass is 16.5. The summed E-state index contributed by atoms with van der Waals surface area (Å²) in [4.78, 5) is 16.0. The van der Waals surface area contributed by atoms with Crippen LogP contribution < -0.4 is 0 Å². The summed E-state index contributed by atoms with van der Waals surface area (Å²) < 4.78 is 7.59. The van der Waals surface area contributed by atoms with Gasteiger partial charge in [-0.3, -0.25) is 9.88 Å². The molecule has 0 atom stereocenters. The molecule has 0 saturated heterocycles. The average molecular weight is 399 g/mol. The zero-order chi connectivity index (χ0) is 20.3. The molecule has 4 aromatic rings. The molecule has 1 aliphatic heterocycles. The topological polar surface area (TPSA) is 56.1 Å². The number of ether oxygens (including phenoxy) is 1. The molecule has 0 unspecified atom stereocenters. The first-order valence-corrected chi connectivity index (χ1v) is 10.3. The SMILES string of the molecule is COCCn1cc(CN2CCc3nc(-c4ccncc4)ncc3C2)c2ccccc21. The molecular formula is C24H25N5O. The van der Waals surface area contributed by atoms with Crippen LogP contribution >= 0.6 is 0 Å². The molecule has 1 aliphatic rings. The van der Waals surface area contributed by atoms with Gasteiger partial charge in [-0.15, -0.1) is 0 Å². The van der Waals surface area contributed by atoms with Crippen LogP contribution in [-0.2, 0) is 30.8 Å². The van der Waals surface area contributed by atoms with Gasteiger partial charge in [-0.2, -0.15) is 0 Å². The smallest absolute Gasteiger partial charge is 0.159 e. The van der Waals surface area contributed by atoms with E-state index in [9.17, 15) is 0 Å². The first-order chi connectivity index (χ1) is 14.8. The standard InChI is InChI=1S/C24H25N5O/c1-30-13-12-29-17-20(21-4-2-3-5-23(21)29)16-28-11-8-22-19(15-28)14-26-24(27-22)18-6-9-25-10-7-18/h2-7,9-10,14,17H,8,11-13,15-16H2,1H3. The van der Waals surface area contributed by atoms with Gasteiger partial charge in [-0.05, 0) is 23.8 Å². The van der Waals surface area contributed by atoms with Gasteiger partial charge in [0.05, 0.1) is 12.3 Å². The predicted octanol–water partition coefficient (Wildman–Crippen LogP) is 3.70. The van der Waals surface area contributed by atoms with Crippen molar-refractivity contribution in [3.05, 3.63) is 78.0 Å². The van der Waals surface area contributed by atoms with Crippen LogP contribution in [0.5, 0.6) is 0 Å². The Morgan fingerprint density at radius 3 is 2.83 bits per heavy atom. The maximum Gasteiger partial charge on any atom is 0.159 e. The van der Waals surface area contributed by atoms with E-state index in [2.05, 4.69) is 49.9 Å². The Balaban J connectivity index is 1.36. The van der Waals surface area contributed by atoms with Gasteiger partial charge in [-0.25, -0.2) is 9.97 Å². The van der Waals surface area contributed by atoms with E-state index in [1.54, 1.807) is 19.5 Å². The van der Waals surface area contributed by atoms with Crippen molar-refractivity contribution in [3.63, 3.8) is 0 Å². The number of methoxy groups -OCH3 is 1. The van der Waals surface area contributed by atoms with Crippen LogP contribution in [0.3, 0.4) is 0 Å². The van der Waals surface area contributed by atoms with Gasteiger partial charge >= 0.3 is 0 Å². The molecule has 0 aliphatic carbocycles. The Morgan fingerprint density at radius 1 is 1.10 bits per heavy atom. The summed E-state index contributed by atoms with van der Waals surface area (Å²) in [5, 5.41) is 1.32. The molecule has 0 N–H and O–H groups in total. The molecule has 6 nitrogen and oxygen atoms in total. The molecule has 6 heteroatoms. The summed E-state index contributed by atoms with van der Waals surface area (Å²) in [5.41, 5.74) is 6.03. The van der Waals surface area contributed by atoms with Crippen molar-refractivity contribution in [3.8, 4) is 11.4 Å². The average Bonchev–Trinajstić information content (AvgIpc) is 3.15. The second-order valence-corrected chi connectivity index (χ2v) is 7.72. The van der Waals surface area contributed by atoms with E-state index in [0.29, 0.717) is 6.61 Å². The fourth-order valence-electron chi connectivity index (χ4n) is 4.21. The van der Waals surface area contributed by atoms with Crippen molar-refractivity contribution in [1.82, 2.24) is 24.4 Å². The summed E-state index contributed by atoms with van der Waals surface area (Å²) in [6.07, 6.45) is 8.78. The first kappa shape index (κ1) is 18.9.